The van der Waals surface area contributed by atoms with Crippen molar-refractivity contribution in [3.63, 3.8) is 0 Å². The van der Waals surface area contributed by atoms with Crippen LogP contribution in [0, 0.1) is 10.8 Å². The molecule has 2 heterocycles. The second-order valence-electron chi connectivity index (χ2n) is 8.31. The van der Waals surface area contributed by atoms with Crippen LogP contribution in [0.2, 0.25) is 0 Å². The van der Waals surface area contributed by atoms with Crippen LogP contribution in [0.25, 0.3) is 0 Å². The summed E-state index contributed by atoms with van der Waals surface area (Å²) < 4.78 is 26.6. The highest BCUT2D eigenvalue weighted by Crippen LogP contribution is 2.37. The number of fused-ring (bicyclic) bond motifs is 1. The molecule has 0 bridgehead atoms. The van der Waals surface area contributed by atoms with Crippen LogP contribution in [0.15, 0.2) is 29.2 Å². The number of benzene rings is 1. The van der Waals surface area contributed by atoms with Crippen molar-refractivity contribution in [2.75, 3.05) is 32.0 Å². The first-order chi connectivity index (χ1) is 16.6. The van der Waals surface area contributed by atoms with Crippen molar-refractivity contribution in [3.05, 3.63) is 45.8 Å². The summed E-state index contributed by atoms with van der Waals surface area (Å²) in [4.78, 5) is 29.0. The maximum Gasteiger partial charge on any atom is 0.256 e. The van der Waals surface area contributed by atoms with Gasteiger partial charge < -0.3 is 21.5 Å². The van der Waals surface area contributed by atoms with Crippen LogP contribution in [0.3, 0.4) is 0 Å². The van der Waals surface area contributed by atoms with Crippen molar-refractivity contribution in [2.45, 2.75) is 37.8 Å². The molecule has 188 valence electrons. The van der Waals surface area contributed by atoms with Crippen molar-refractivity contribution in [1.82, 2.24) is 14.5 Å². The normalized spacial score (nSPS) is 14.0. The van der Waals surface area contributed by atoms with E-state index in [2.05, 4.69) is 29.4 Å². The largest absolute Gasteiger partial charge is 0.355 e. The third-order valence-electron chi connectivity index (χ3n) is 5.84. The zero-order chi connectivity index (χ0) is 25.8. The number of rotatable bonds is 10. The fraction of sp³-hybridized carbons (Fsp3) is 0.391. The van der Waals surface area contributed by atoms with Gasteiger partial charge in [-0.25, -0.2) is 8.42 Å². The number of amides is 2. The molecule has 1 aromatic carbocycles. The van der Waals surface area contributed by atoms with E-state index >= 15 is 0 Å². The zero-order valence-electron chi connectivity index (χ0n) is 19.9. The molecular weight excluding hydrogens is 488 g/mol. The number of carbonyl (C=O) groups is 2. The number of nitrogens with zero attached hydrogens (tertiary/aromatic N) is 2. The number of hydrogen-bond donors (Lipinski definition) is 4. The summed E-state index contributed by atoms with van der Waals surface area (Å²) in [7, 11) is -2.36. The molecule has 0 saturated heterocycles. The van der Waals surface area contributed by atoms with Crippen LogP contribution >= 0.6 is 11.3 Å². The first-order valence-corrected chi connectivity index (χ1v) is 13.4. The molecule has 10 nitrogen and oxygen atoms in total. The molecule has 0 unspecified atom stereocenters. The third kappa shape index (κ3) is 5.67. The molecule has 0 fully saturated rings. The van der Waals surface area contributed by atoms with Crippen LogP contribution < -0.4 is 10.6 Å². The molecule has 1 aliphatic rings. The van der Waals surface area contributed by atoms with Gasteiger partial charge in [-0.05, 0) is 50.1 Å². The lowest BCUT2D eigenvalue weighted by atomic mass is 10.0. The summed E-state index contributed by atoms with van der Waals surface area (Å²) in [6.45, 7) is 5.49. The van der Waals surface area contributed by atoms with Gasteiger partial charge >= 0.3 is 0 Å². The van der Waals surface area contributed by atoms with E-state index in [-0.39, 0.29) is 29.5 Å². The molecule has 35 heavy (non-hydrogen) atoms. The first kappa shape index (κ1) is 26.7. The van der Waals surface area contributed by atoms with Gasteiger partial charge in [-0.3, -0.25) is 14.5 Å². The average Bonchev–Trinajstić information content (AvgIpc) is 3.20. The number of carbonyl (C=O) groups excluding carboxylic acids is 2. The molecule has 12 heteroatoms. The Bertz CT molecular complexity index is 1210. The Morgan fingerprint density at radius 2 is 1.77 bits per heavy atom. The topological polar surface area (TPSA) is 147 Å². The molecule has 0 atom stereocenters. The maximum absolute atomic E-state index is 13.0. The molecule has 0 aliphatic carbocycles. The molecule has 1 aromatic heterocycles. The first-order valence-electron chi connectivity index (χ1n) is 11.1. The summed E-state index contributed by atoms with van der Waals surface area (Å²) >= 11 is 1.39. The maximum atomic E-state index is 13.0. The van der Waals surface area contributed by atoms with Crippen molar-refractivity contribution in [3.8, 4) is 0 Å². The predicted molar refractivity (Wildman–Crippen MR) is 138 cm³/mol. The Kier molecular flexibility index (Phi) is 8.54. The van der Waals surface area contributed by atoms with Crippen LogP contribution in [-0.2, 0) is 23.0 Å². The average molecular weight is 519 g/mol. The quantitative estimate of drug-likeness (QED) is 0.357. The predicted octanol–water partition coefficient (Wildman–Crippen LogP) is 2.42. The second kappa shape index (κ2) is 11.2. The second-order valence-corrected chi connectivity index (χ2v) is 11.4. The SMILES string of the molecule is CNC(=O)c1c(NC(=O)c2ccc(S(=O)(=O)N(CC=N)CC=N)cc2)sc2c1CCN(C(C)C)C2. The van der Waals surface area contributed by atoms with Crippen molar-refractivity contribution < 1.29 is 18.0 Å². The van der Waals surface area contributed by atoms with Gasteiger partial charge in [0.1, 0.15) is 5.00 Å². The van der Waals surface area contributed by atoms with Crippen LogP contribution in [0.5, 0.6) is 0 Å². The van der Waals surface area contributed by atoms with E-state index < -0.39 is 15.9 Å². The Balaban J connectivity index is 1.86. The number of sulfonamides is 1. The van der Waals surface area contributed by atoms with Crippen molar-refractivity contribution >= 4 is 50.6 Å². The number of hydrogen-bond acceptors (Lipinski definition) is 8. The molecule has 3 rings (SSSR count). The van der Waals surface area contributed by atoms with E-state index in [1.54, 1.807) is 7.05 Å². The van der Waals surface area contributed by atoms with Crippen LogP contribution in [0.4, 0.5) is 5.00 Å². The highest BCUT2D eigenvalue weighted by atomic mass is 32.2. The highest BCUT2D eigenvalue weighted by molar-refractivity contribution is 7.89. The molecule has 0 radical (unpaired) electrons. The summed E-state index contributed by atoms with van der Waals surface area (Å²) in [5, 5.41) is 20.4. The van der Waals surface area contributed by atoms with Crippen LogP contribution in [0.1, 0.15) is 45.0 Å². The number of nitrogens with one attached hydrogen (secondary N) is 4. The van der Waals surface area contributed by atoms with Gasteiger partial charge in [-0.15, -0.1) is 11.3 Å². The lowest BCUT2D eigenvalue weighted by Gasteiger charge is -2.30. The van der Waals surface area contributed by atoms with Crippen molar-refractivity contribution in [1.29, 1.82) is 10.8 Å². The van der Waals surface area contributed by atoms with Crippen LogP contribution in [-0.4, -0.2) is 74.6 Å². The Labute approximate surface area is 209 Å². The van der Waals surface area contributed by atoms with Gasteiger partial charge in [0.05, 0.1) is 10.5 Å². The van der Waals surface area contributed by atoms with E-state index in [0.29, 0.717) is 23.2 Å². The Morgan fingerprint density at radius 1 is 1.14 bits per heavy atom. The molecule has 1 aliphatic heterocycles. The monoisotopic (exact) mass is 518 g/mol. The Morgan fingerprint density at radius 3 is 2.31 bits per heavy atom. The summed E-state index contributed by atoms with van der Waals surface area (Å²) in [5.74, 6) is -0.705. The van der Waals surface area contributed by atoms with E-state index in [9.17, 15) is 18.0 Å². The minimum Gasteiger partial charge on any atom is -0.355 e. The standard InChI is InChI=1S/C23H30N6O4S2/c1-15(2)28-11-8-18-19(14-28)34-23(20(18)22(31)26-3)27-21(30)16-4-6-17(7-5-16)35(32,33)29(12-9-24)13-10-25/h4-7,9-10,15,24-25H,8,11-14H2,1-3H3,(H,26,31)(H,27,30). The van der Waals surface area contributed by atoms with Crippen molar-refractivity contribution in [2.24, 2.45) is 0 Å². The summed E-state index contributed by atoms with van der Waals surface area (Å²) in [5.41, 5.74) is 1.69. The lowest BCUT2D eigenvalue weighted by Crippen LogP contribution is -2.35. The summed E-state index contributed by atoms with van der Waals surface area (Å²) in [6, 6.07) is 5.83. The van der Waals surface area contributed by atoms with Gasteiger partial charge in [0.15, 0.2) is 0 Å². The van der Waals surface area contributed by atoms with Gasteiger partial charge in [0.2, 0.25) is 10.0 Å². The van der Waals surface area contributed by atoms with Gasteiger partial charge in [-0.2, -0.15) is 4.31 Å². The smallest absolute Gasteiger partial charge is 0.256 e. The van der Waals surface area contributed by atoms with E-state index in [0.717, 1.165) is 40.1 Å². The number of anilines is 1. The fourth-order valence-corrected chi connectivity index (χ4v) is 6.48. The summed E-state index contributed by atoms with van der Waals surface area (Å²) in [6.07, 6.45) is 2.62. The molecule has 0 spiro atoms. The Hall–Kier alpha value is -2.93. The van der Waals surface area contributed by atoms with Gasteiger partial charge in [0.25, 0.3) is 11.8 Å². The lowest BCUT2D eigenvalue weighted by molar-refractivity contribution is 0.0962. The minimum absolute atomic E-state index is 0.0378. The van der Waals surface area contributed by atoms with E-state index in [1.807, 2.05) is 0 Å². The molecular formula is C23H30N6O4S2. The molecule has 2 aromatic rings. The van der Waals surface area contributed by atoms with Gasteiger partial charge in [-0.1, -0.05) is 0 Å². The number of thiophene rings is 1. The molecule has 4 N–H and O–H groups in total. The minimum atomic E-state index is -3.92. The third-order valence-corrected chi connectivity index (χ3v) is 8.82. The molecule has 2 amide bonds. The van der Waals surface area contributed by atoms with E-state index in [4.69, 9.17) is 10.8 Å². The fourth-order valence-electron chi connectivity index (χ4n) is 3.89. The molecule has 0 saturated carbocycles. The zero-order valence-corrected chi connectivity index (χ0v) is 21.6. The highest BCUT2D eigenvalue weighted by Gasteiger charge is 2.29. The van der Waals surface area contributed by atoms with E-state index in [1.165, 1.54) is 35.6 Å². The van der Waals surface area contributed by atoms with Gasteiger partial charge in [0, 0.05) is 62.1 Å².